The Morgan fingerprint density at radius 3 is 2.18 bits per heavy atom. The van der Waals surface area contributed by atoms with Gasteiger partial charge < -0.3 is 9.47 Å². The lowest BCUT2D eigenvalue weighted by molar-refractivity contribution is -0.140. The summed E-state index contributed by atoms with van der Waals surface area (Å²) in [5.41, 5.74) is 5.98. The SMILES string of the molecule is CCOC(OCC)c1ccc(C=NNc2ccccc2)cc1. The second-order valence-electron chi connectivity index (χ2n) is 4.65. The summed E-state index contributed by atoms with van der Waals surface area (Å²) in [5.74, 6) is 0. The maximum atomic E-state index is 5.58. The van der Waals surface area contributed by atoms with Crippen molar-refractivity contribution in [1.29, 1.82) is 0 Å². The van der Waals surface area contributed by atoms with E-state index in [9.17, 15) is 0 Å². The highest BCUT2D eigenvalue weighted by atomic mass is 16.7. The number of hydrogen-bond acceptors (Lipinski definition) is 4. The number of hydrogen-bond donors (Lipinski definition) is 1. The van der Waals surface area contributed by atoms with Crippen LogP contribution in [0.5, 0.6) is 0 Å². The summed E-state index contributed by atoms with van der Waals surface area (Å²) < 4.78 is 11.2. The Hall–Kier alpha value is -2.17. The van der Waals surface area contributed by atoms with E-state index in [0.29, 0.717) is 13.2 Å². The minimum absolute atomic E-state index is 0.302. The van der Waals surface area contributed by atoms with E-state index in [1.54, 1.807) is 6.21 Å². The van der Waals surface area contributed by atoms with Gasteiger partial charge in [0.1, 0.15) is 0 Å². The zero-order chi connectivity index (χ0) is 15.6. The van der Waals surface area contributed by atoms with E-state index in [-0.39, 0.29) is 6.29 Å². The summed E-state index contributed by atoms with van der Waals surface area (Å²) >= 11 is 0. The number of para-hydroxylation sites is 1. The minimum atomic E-state index is -0.302. The standard InChI is InChI=1S/C18H22N2O2/c1-3-21-18(22-4-2)16-12-10-15(11-13-16)14-19-20-17-8-6-5-7-9-17/h5-14,18,20H,3-4H2,1-2H3. The van der Waals surface area contributed by atoms with E-state index < -0.39 is 0 Å². The molecule has 4 nitrogen and oxygen atoms in total. The van der Waals surface area contributed by atoms with Gasteiger partial charge in [-0.1, -0.05) is 42.5 Å². The van der Waals surface area contributed by atoms with E-state index in [1.165, 1.54) is 0 Å². The zero-order valence-electron chi connectivity index (χ0n) is 13.0. The molecule has 2 aromatic rings. The molecular formula is C18H22N2O2. The Morgan fingerprint density at radius 2 is 1.59 bits per heavy atom. The van der Waals surface area contributed by atoms with Gasteiger partial charge in [0, 0.05) is 18.8 Å². The van der Waals surface area contributed by atoms with Crippen molar-refractivity contribution in [1.82, 2.24) is 0 Å². The molecule has 0 unspecified atom stereocenters. The molecule has 0 saturated carbocycles. The van der Waals surface area contributed by atoms with Gasteiger partial charge in [0.25, 0.3) is 0 Å². The second kappa shape index (κ2) is 8.97. The van der Waals surface area contributed by atoms with Gasteiger partial charge in [-0.05, 0) is 31.5 Å². The maximum Gasteiger partial charge on any atom is 0.183 e. The number of nitrogens with one attached hydrogen (secondary N) is 1. The molecule has 116 valence electrons. The Kier molecular flexibility index (Phi) is 6.61. The van der Waals surface area contributed by atoms with Crippen LogP contribution in [-0.2, 0) is 9.47 Å². The monoisotopic (exact) mass is 298 g/mol. The lowest BCUT2D eigenvalue weighted by atomic mass is 10.1. The summed E-state index contributed by atoms with van der Waals surface area (Å²) in [5, 5.41) is 4.22. The minimum Gasteiger partial charge on any atom is -0.349 e. The normalized spacial score (nSPS) is 11.2. The van der Waals surface area contributed by atoms with Gasteiger partial charge in [0.2, 0.25) is 0 Å². The Balaban J connectivity index is 1.96. The summed E-state index contributed by atoms with van der Waals surface area (Å²) in [6.07, 6.45) is 1.48. The van der Waals surface area contributed by atoms with Gasteiger partial charge in [0.05, 0.1) is 11.9 Å². The molecule has 0 aromatic heterocycles. The lowest BCUT2D eigenvalue weighted by Gasteiger charge is -2.17. The molecule has 0 aliphatic heterocycles. The molecule has 0 fully saturated rings. The Labute approximate surface area is 131 Å². The summed E-state index contributed by atoms with van der Waals surface area (Å²) in [6, 6.07) is 17.8. The van der Waals surface area contributed by atoms with Crippen molar-refractivity contribution < 1.29 is 9.47 Å². The van der Waals surface area contributed by atoms with Crippen molar-refractivity contribution in [3.8, 4) is 0 Å². The number of rotatable bonds is 8. The zero-order valence-corrected chi connectivity index (χ0v) is 13.0. The van der Waals surface area contributed by atoms with Crippen LogP contribution in [0.2, 0.25) is 0 Å². The van der Waals surface area contributed by atoms with Crippen molar-refractivity contribution in [3.05, 3.63) is 65.7 Å². The molecule has 0 atom stereocenters. The first-order chi connectivity index (χ1) is 10.8. The van der Waals surface area contributed by atoms with Crippen molar-refractivity contribution in [2.24, 2.45) is 5.10 Å². The first-order valence-electron chi connectivity index (χ1n) is 7.50. The number of nitrogens with zero attached hydrogens (tertiary/aromatic N) is 1. The van der Waals surface area contributed by atoms with Crippen molar-refractivity contribution in [3.63, 3.8) is 0 Å². The molecule has 0 heterocycles. The molecule has 1 N–H and O–H groups in total. The van der Waals surface area contributed by atoms with Gasteiger partial charge in [0.15, 0.2) is 6.29 Å². The summed E-state index contributed by atoms with van der Waals surface area (Å²) in [6.45, 7) is 5.16. The largest absolute Gasteiger partial charge is 0.349 e. The quantitative estimate of drug-likeness (QED) is 0.451. The predicted octanol–water partition coefficient (Wildman–Crippen LogP) is 4.20. The number of ether oxygens (including phenoxy) is 2. The molecular weight excluding hydrogens is 276 g/mol. The first kappa shape index (κ1) is 16.2. The Bertz CT molecular complexity index is 561. The van der Waals surface area contributed by atoms with Crippen molar-refractivity contribution in [2.75, 3.05) is 18.6 Å². The lowest BCUT2D eigenvalue weighted by Crippen LogP contribution is -2.08. The van der Waals surface area contributed by atoms with E-state index in [1.807, 2.05) is 68.4 Å². The molecule has 0 aliphatic carbocycles. The van der Waals surface area contributed by atoms with Crippen LogP contribution in [0.15, 0.2) is 59.7 Å². The van der Waals surface area contributed by atoms with Crippen LogP contribution in [0, 0.1) is 0 Å². The van der Waals surface area contributed by atoms with Crippen LogP contribution < -0.4 is 5.43 Å². The predicted molar refractivity (Wildman–Crippen MR) is 90.1 cm³/mol. The third-order valence-electron chi connectivity index (χ3n) is 3.03. The molecule has 0 aliphatic rings. The average Bonchev–Trinajstić information content (AvgIpc) is 2.56. The number of benzene rings is 2. The summed E-state index contributed by atoms with van der Waals surface area (Å²) in [4.78, 5) is 0. The molecule has 0 saturated heterocycles. The van der Waals surface area contributed by atoms with Crippen LogP contribution in [0.25, 0.3) is 0 Å². The van der Waals surface area contributed by atoms with E-state index >= 15 is 0 Å². The number of hydrazone groups is 1. The average molecular weight is 298 g/mol. The van der Waals surface area contributed by atoms with Gasteiger partial charge >= 0.3 is 0 Å². The highest BCUT2D eigenvalue weighted by Gasteiger charge is 2.10. The second-order valence-corrected chi connectivity index (χ2v) is 4.65. The third kappa shape index (κ3) is 4.98. The molecule has 0 bridgehead atoms. The molecule has 22 heavy (non-hydrogen) atoms. The van der Waals surface area contributed by atoms with Crippen LogP contribution in [0.4, 0.5) is 5.69 Å². The van der Waals surface area contributed by atoms with Crippen LogP contribution in [-0.4, -0.2) is 19.4 Å². The van der Waals surface area contributed by atoms with Crippen molar-refractivity contribution >= 4 is 11.9 Å². The fraction of sp³-hybridized carbons (Fsp3) is 0.278. The van der Waals surface area contributed by atoms with Gasteiger partial charge in [-0.3, -0.25) is 5.43 Å². The topological polar surface area (TPSA) is 42.9 Å². The van der Waals surface area contributed by atoms with Gasteiger partial charge in [-0.25, -0.2) is 0 Å². The third-order valence-corrected chi connectivity index (χ3v) is 3.03. The smallest absolute Gasteiger partial charge is 0.183 e. The van der Waals surface area contributed by atoms with Crippen LogP contribution in [0.3, 0.4) is 0 Å². The fourth-order valence-corrected chi connectivity index (χ4v) is 1.98. The highest BCUT2D eigenvalue weighted by molar-refractivity contribution is 5.80. The van der Waals surface area contributed by atoms with Gasteiger partial charge in [-0.2, -0.15) is 5.10 Å². The first-order valence-corrected chi connectivity index (χ1v) is 7.50. The van der Waals surface area contributed by atoms with E-state index in [4.69, 9.17) is 9.47 Å². The molecule has 2 aromatic carbocycles. The molecule has 0 spiro atoms. The highest BCUT2D eigenvalue weighted by Crippen LogP contribution is 2.19. The van der Waals surface area contributed by atoms with Gasteiger partial charge in [-0.15, -0.1) is 0 Å². The fourth-order valence-electron chi connectivity index (χ4n) is 1.98. The maximum absolute atomic E-state index is 5.58. The van der Waals surface area contributed by atoms with Crippen LogP contribution >= 0.6 is 0 Å². The molecule has 0 radical (unpaired) electrons. The molecule has 4 heteroatoms. The molecule has 0 amide bonds. The molecule has 2 rings (SSSR count). The summed E-state index contributed by atoms with van der Waals surface area (Å²) in [7, 11) is 0. The Morgan fingerprint density at radius 1 is 0.955 bits per heavy atom. The van der Waals surface area contributed by atoms with Crippen LogP contribution in [0.1, 0.15) is 31.3 Å². The number of anilines is 1. The van der Waals surface area contributed by atoms with E-state index in [2.05, 4.69) is 10.5 Å². The van der Waals surface area contributed by atoms with Crippen molar-refractivity contribution in [2.45, 2.75) is 20.1 Å². The van der Waals surface area contributed by atoms with E-state index in [0.717, 1.165) is 16.8 Å².